The first-order chi connectivity index (χ1) is 14.2. The lowest BCUT2D eigenvalue weighted by Crippen LogP contribution is -2.20. The van der Waals surface area contributed by atoms with E-state index < -0.39 is 24.6 Å². The molecule has 1 aromatic carbocycles. The Labute approximate surface area is 170 Å². The molecule has 160 valence electrons. The fraction of sp³-hybridized carbons (Fsp3) is 0.333. The van der Waals surface area contributed by atoms with E-state index in [2.05, 4.69) is 4.98 Å². The SMILES string of the molecule is CCOC(=O)c1c(OCC(F)(F)F)c2cc(-c3ccccc3F)c(CC)nc2n1C. The molecule has 0 saturated heterocycles. The van der Waals surface area contributed by atoms with E-state index in [0.29, 0.717) is 17.7 Å². The van der Waals surface area contributed by atoms with E-state index >= 15 is 0 Å². The quantitative estimate of drug-likeness (QED) is 0.410. The molecule has 0 bridgehead atoms. The van der Waals surface area contributed by atoms with Crippen LogP contribution in [0.25, 0.3) is 22.2 Å². The van der Waals surface area contributed by atoms with Gasteiger partial charge in [0.05, 0.1) is 17.7 Å². The van der Waals surface area contributed by atoms with Crippen LogP contribution >= 0.6 is 0 Å². The van der Waals surface area contributed by atoms with Gasteiger partial charge in [-0.1, -0.05) is 25.1 Å². The van der Waals surface area contributed by atoms with Gasteiger partial charge in [0.2, 0.25) is 0 Å². The number of benzene rings is 1. The minimum Gasteiger partial charge on any atom is -0.481 e. The average Bonchev–Trinajstić information content (AvgIpc) is 2.96. The molecule has 0 saturated carbocycles. The fourth-order valence-electron chi connectivity index (χ4n) is 3.26. The Kier molecular flexibility index (Phi) is 6.00. The van der Waals surface area contributed by atoms with Crippen LogP contribution in [0.5, 0.6) is 5.75 Å². The number of ether oxygens (including phenoxy) is 2. The molecule has 0 amide bonds. The van der Waals surface area contributed by atoms with Gasteiger partial charge < -0.3 is 14.0 Å². The molecule has 5 nitrogen and oxygen atoms in total. The summed E-state index contributed by atoms with van der Waals surface area (Å²) in [6.45, 7) is 1.85. The zero-order valence-electron chi connectivity index (χ0n) is 16.6. The number of carbonyl (C=O) groups is 1. The van der Waals surface area contributed by atoms with E-state index in [9.17, 15) is 22.4 Å². The molecule has 0 spiro atoms. The minimum absolute atomic E-state index is 0.0349. The Hall–Kier alpha value is -3.10. The van der Waals surface area contributed by atoms with Crippen LogP contribution in [0.15, 0.2) is 30.3 Å². The third-order valence-corrected chi connectivity index (χ3v) is 4.54. The molecule has 0 N–H and O–H groups in total. The molecule has 0 aliphatic carbocycles. The van der Waals surface area contributed by atoms with Gasteiger partial charge in [0, 0.05) is 18.2 Å². The van der Waals surface area contributed by atoms with Crippen molar-refractivity contribution in [2.24, 2.45) is 7.05 Å². The third kappa shape index (κ3) is 4.10. The second-order valence-corrected chi connectivity index (χ2v) is 6.55. The van der Waals surface area contributed by atoms with Crippen molar-refractivity contribution in [3.8, 4) is 16.9 Å². The molecule has 2 aromatic heterocycles. The monoisotopic (exact) mass is 424 g/mol. The Morgan fingerprint density at radius 3 is 2.47 bits per heavy atom. The van der Waals surface area contributed by atoms with Gasteiger partial charge in [-0.25, -0.2) is 14.2 Å². The maximum absolute atomic E-state index is 14.4. The van der Waals surface area contributed by atoms with Crippen molar-refractivity contribution in [2.75, 3.05) is 13.2 Å². The minimum atomic E-state index is -4.61. The Bertz CT molecular complexity index is 1090. The number of aromatic nitrogens is 2. The van der Waals surface area contributed by atoms with Crippen LogP contribution in [0, 0.1) is 5.82 Å². The lowest BCUT2D eigenvalue weighted by molar-refractivity contribution is -0.153. The summed E-state index contributed by atoms with van der Waals surface area (Å²) in [5, 5.41) is 0.167. The Morgan fingerprint density at radius 2 is 1.87 bits per heavy atom. The number of carbonyl (C=O) groups excluding carboxylic acids is 1. The van der Waals surface area contributed by atoms with Gasteiger partial charge in [-0.2, -0.15) is 13.2 Å². The molecule has 0 atom stereocenters. The van der Waals surface area contributed by atoms with E-state index in [1.165, 1.54) is 29.8 Å². The van der Waals surface area contributed by atoms with Gasteiger partial charge in [-0.3, -0.25) is 0 Å². The number of pyridine rings is 1. The van der Waals surface area contributed by atoms with E-state index in [4.69, 9.17) is 9.47 Å². The molecule has 3 aromatic rings. The van der Waals surface area contributed by atoms with Gasteiger partial charge >= 0.3 is 12.1 Å². The van der Waals surface area contributed by atoms with Crippen LogP contribution in [0.1, 0.15) is 30.0 Å². The highest BCUT2D eigenvalue weighted by Crippen LogP contribution is 2.38. The topological polar surface area (TPSA) is 53.4 Å². The van der Waals surface area contributed by atoms with Crippen LogP contribution in [0.4, 0.5) is 17.6 Å². The summed E-state index contributed by atoms with van der Waals surface area (Å²) in [4.78, 5) is 17.0. The maximum atomic E-state index is 14.4. The number of halogens is 4. The Morgan fingerprint density at radius 1 is 1.17 bits per heavy atom. The van der Waals surface area contributed by atoms with E-state index in [1.54, 1.807) is 19.1 Å². The highest BCUT2D eigenvalue weighted by molar-refractivity contribution is 6.02. The number of nitrogens with zero attached hydrogens (tertiary/aromatic N) is 2. The predicted octanol–water partition coefficient (Wildman–Crippen LogP) is 5.06. The number of rotatable bonds is 6. The normalized spacial score (nSPS) is 11.7. The van der Waals surface area contributed by atoms with Gasteiger partial charge in [-0.05, 0) is 25.5 Å². The largest absolute Gasteiger partial charge is 0.481 e. The summed E-state index contributed by atoms with van der Waals surface area (Å²) in [7, 11) is 1.49. The molecule has 2 heterocycles. The highest BCUT2D eigenvalue weighted by Gasteiger charge is 2.32. The summed E-state index contributed by atoms with van der Waals surface area (Å²) in [5.41, 5.74) is 1.27. The summed E-state index contributed by atoms with van der Waals surface area (Å²) < 4.78 is 64.3. The van der Waals surface area contributed by atoms with Crippen molar-refractivity contribution in [2.45, 2.75) is 26.4 Å². The molecular formula is C21H20F4N2O3. The van der Waals surface area contributed by atoms with Gasteiger partial charge in [0.25, 0.3) is 0 Å². The number of hydrogen-bond donors (Lipinski definition) is 0. The van der Waals surface area contributed by atoms with Crippen LogP contribution in [-0.2, 0) is 18.2 Å². The molecule has 0 aliphatic rings. The number of esters is 1. The van der Waals surface area contributed by atoms with Crippen molar-refractivity contribution in [3.63, 3.8) is 0 Å². The second kappa shape index (κ2) is 8.33. The van der Waals surface area contributed by atoms with Crippen molar-refractivity contribution < 1.29 is 31.8 Å². The number of alkyl halides is 3. The van der Waals surface area contributed by atoms with Crippen molar-refractivity contribution >= 4 is 17.0 Å². The summed E-state index contributed by atoms with van der Waals surface area (Å²) in [6.07, 6.45) is -4.17. The molecule has 30 heavy (non-hydrogen) atoms. The van der Waals surface area contributed by atoms with E-state index in [-0.39, 0.29) is 34.6 Å². The van der Waals surface area contributed by atoms with Crippen molar-refractivity contribution in [3.05, 3.63) is 47.5 Å². The van der Waals surface area contributed by atoms with E-state index in [1.807, 2.05) is 6.92 Å². The van der Waals surface area contributed by atoms with Crippen molar-refractivity contribution in [1.82, 2.24) is 9.55 Å². The van der Waals surface area contributed by atoms with Crippen molar-refractivity contribution in [1.29, 1.82) is 0 Å². The predicted molar refractivity (Wildman–Crippen MR) is 103 cm³/mol. The molecule has 0 radical (unpaired) electrons. The summed E-state index contributed by atoms with van der Waals surface area (Å²) in [5.74, 6) is -1.62. The lowest BCUT2D eigenvalue weighted by atomic mass is 10.0. The zero-order chi connectivity index (χ0) is 22.1. The molecule has 0 aliphatic heterocycles. The first-order valence-corrected chi connectivity index (χ1v) is 9.31. The smallest absolute Gasteiger partial charge is 0.422 e. The van der Waals surface area contributed by atoms with Gasteiger partial charge in [0.1, 0.15) is 11.5 Å². The molecule has 3 rings (SSSR count). The van der Waals surface area contributed by atoms with Crippen LogP contribution in [0.3, 0.4) is 0 Å². The zero-order valence-corrected chi connectivity index (χ0v) is 16.6. The number of hydrogen-bond acceptors (Lipinski definition) is 4. The molecule has 9 heteroatoms. The fourth-order valence-corrected chi connectivity index (χ4v) is 3.26. The standard InChI is InChI=1S/C21H20F4N2O3/c1-4-16-13(12-8-6-7-9-15(12)22)10-14-18(30-11-21(23,24)25)17(20(28)29-5-2)27(3)19(14)26-16/h6-10H,4-5,11H2,1-3H3. The van der Waals surface area contributed by atoms with Gasteiger partial charge in [0.15, 0.2) is 18.1 Å². The number of fused-ring (bicyclic) bond motifs is 1. The number of aryl methyl sites for hydroxylation is 2. The average molecular weight is 424 g/mol. The first-order valence-electron chi connectivity index (χ1n) is 9.31. The Balaban J connectivity index is 2.30. The van der Waals surface area contributed by atoms with Crippen LogP contribution in [-0.4, -0.2) is 34.9 Å². The summed E-state index contributed by atoms with van der Waals surface area (Å²) in [6, 6.07) is 7.54. The highest BCUT2D eigenvalue weighted by atomic mass is 19.4. The van der Waals surface area contributed by atoms with Gasteiger partial charge in [-0.15, -0.1) is 0 Å². The lowest BCUT2D eigenvalue weighted by Gasteiger charge is -2.11. The summed E-state index contributed by atoms with van der Waals surface area (Å²) >= 11 is 0. The molecular weight excluding hydrogens is 404 g/mol. The third-order valence-electron chi connectivity index (χ3n) is 4.54. The van der Waals surface area contributed by atoms with E-state index in [0.717, 1.165) is 0 Å². The first kappa shape index (κ1) is 21.6. The second-order valence-electron chi connectivity index (χ2n) is 6.55. The molecule has 0 unspecified atom stereocenters. The maximum Gasteiger partial charge on any atom is 0.422 e. The van der Waals surface area contributed by atoms with Crippen LogP contribution < -0.4 is 4.74 Å². The van der Waals surface area contributed by atoms with Crippen LogP contribution in [0.2, 0.25) is 0 Å². The molecule has 0 fully saturated rings.